The zero-order valence-corrected chi connectivity index (χ0v) is 12.0. The highest BCUT2D eigenvalue weighted by molar-refractivity contribution is 6.07. The molecule has 0 aliphatic carbocycles. The summed E-state index contributed by atoms with van der Waals surface area (Å²) in [5.41, 5.74) is 3.33. The molecule has 0 spiro atoms. The number of anilines is 2. The predicted molar refractivity (Wildman–Crippen MR) is 82.3 cm³/mol. The third-order valence-electron chi connectivity index (χ3n) is 3.17. The van der Waals surface area contributed by atoms with E-state index in [1.54, 1.807) is 25.5 Å². The number of rotatable bonds is 4. The molecule has 0 bridgehead atoms. The molecule has 1 heterocycles. The van der Waals surface area contributed by atoms with Crippen molar-refractivity contribution in [3.8, 4) is 0 Å². The second kappa shape index (κ2) is 6.19. The van der Waals surface area contributed by atoms with Crippen LogP contribution in [0.15, 0.2) is 42.7 Å². The van der Waals surface area contributed by atoms with Gasteiger partial charge in [-0.2, -0.15) is 0 Å². The van der Waals surface area contributed by atoms with E-state index in [-0.39, 0.29) is 5.91 Å². The van der Waals surface area contributed by atoms with Gasteiger partial charge in [0.1, 0.15) is 0 Å². The third-order valence-corrected chi connectivity index (χ3v) is 3.17. The Hall–Kier alpha value is -2.36. The molecular weight excluding hydrogens is 250 g/mol. The van der Waals surface area contributed by atoms with Crippen LogP contribution in [0.2, 0.25) is 0 Å². The summed E-state index contributed by atoms with van der Waals surface area (Å²) in [6.07, 6.45) is 3.24. The molecule has 0 radical (unpaired) electrons. The van der Waals surface area contributed by atoms with Crippen LogP contribution < -0.4 is 10.6 Å². The maximum atomic E-state index is 12.2. The minimum atomic E-state index is -0.144. The Morgan fingerprint density at radius 2 is 1.85 bits per heavy atom. The molecule has 2 aromatic rings. The van der Waals surface area contributed by atoms with Crippen LogP contribution in [0.25, 0.3) is 0 Å². The van der Waals surface area contributed by atoms with Crippen LogP contribution in [-0.2, 0) is 0 Å². The van der Waals surface area contributed by atoms with Crippen LogP contribution in [0.1, 0.15) is 35.7 Å². The summed E-state index contributed by atoms with van der Waals surface area (Å²) < 4.78 is 0. The van der Waals surface area contributed by atoms with Crippen LogP contribution >= 0.6 is 0 Å². The van der Waals surface area contributed by atoms with E-state index in [1.165, 1.54) is 5.56 Å². The summed E-state index contributed by atoms with van der Waals surface area (Å²) in [5, 5.41) is 5.86. The van der Waals surface area contributed by atoms with Crippen molar-refractivity contribution < 1.29 is 4.79 Å². The van der Waals surface area contributed by atoms with E-state index < -0.39 is 0 Å². The summed E-state index contributed by atoms with van der Waals surface area (Å²) in [6.45, 7) is 4.29. The van der Waals surface area contributed by atoms with Crippen molar-refractivity contribution in [2.45, 2.75) is 19.8 Å². The molecule has 0 fully saturated rings. The average molecular weight is 269 g/mol. The maximum absolute atomic E-state index is 12.2. The minimum Gasteiger partial charge on any atom is -0.386 e. The highest BCUT2D eigenvalue weighted by atomic mass is 16.1. The topological polar surface area (TPSA) is 54.0 Å². The molecule has 0 atom stereocenters. The highest BCUT2D eigenvalue weighted by Crippen LogP contribution is 2.19. The SMILES string of the molecule is CNc1cnccc1C(=O)Nc1ccc(C(C)C)cc1. The number of benzene rings is 1. The first-order valence-corrected chi connectivity index (χ1v) is 6.65. The summed E-state index contributed by atoms with van der Waals surface area (Å²) in [4.78, 5) is 16.2. The first-order chi connectivity index (χ1) is 9.61. The van der Waals surface area contributed by atoms with Crippen molar-refractivity contribution in [3.63, 3.8) is 0 Å². The van der Waals surface area contributed by atoms with Gasteiger partial charge in [-0.1, -0.05) is 26.0 Å². The summed E-state index contributed by atoms with van der Waals surface area (Å²) in [7, 11) is 1.77. The molecule has 0 saturated carbocycles. The van der Waals surface area contributed by atoms with E-state index in [1.807, 2.05) is 24.3 Å². The van der Waals surface area contributed by atoms with Gasteiger partial charge in [-0.05, 0) is 29.7 Å². The Balaban J connectivity index is 2.15. The number of carbonyl (C=O) groups is 1. The Kier molecular flexibility index (Phi) is 4.35. The molecule has 0 aliphatic rings. The number of hydrogen-bond donors (Lipinski definition) is 2. The Morgan fingerprint density at radius 3 is 2.45 bits per heavy atom. The molecule has 0 unspecified atom stereocenters. The van der Waals surface area contributed by atoms with E-state index in [9.17, 15) is 4.79 Å². The van der Waals surface area contributed by atoms with Crippen LogP contribution in [-0.4, -0.2) is 17.9 Å². The summed E-state index contributed by atoms with van der Waals surface area (Å²) >= 11 is 0. The molecule has 20 heavy (non-hydrogen) atoms. The lowest BCUT2D eigenvalue weighted by molar-refractivity contribution is 0.102. The van der Waals surface area contributed by atoms with Crippen molar-refractivity contribution in [3.05, 3.63) is 53.9 Å². The van der Waals surface area contributed by atoms with Crippen molar-refractivity contribution in [2.24, 2.45) is 0 Å². The first-order valence-electron chi connectivity index (χ1n) is 6.65. The summed E-state index contributed by atoms with van der Waals surface area (Å²) in [5.74, 6) is 0.338. The molecular formula is C16H19N3O. The molecule has 0 aliphatic heterocycles. The lowest BCUT2D eigenvalue weighted by Crippen LogP contribution is -2.14. The lowest BCUT2D eigenvalue weighted by Gasteiger charge is -2.10. The number of aromatic nitrogens is 1. The van der Waals surface area contributed by atoms with E-state index >= 15 is 0 Å². The zero-order chi connectivity index (χ0) is 14.5. The molecule has 1 aromatic carbocycles. The van der Waals surface area contributed by atoms with Gasteiger partial charge in [0.25, 0.3) is 5.91 Å². The van der Waals surface area contributed by atoms with Gasteiger partial charge in [0.15, 0.2) is 0 Å². The van der Waals surface area contributed by atoms with Crippen molar-refractivity contribution in [1.29, 1.82) is 0 Å². The molecule has 4 heteroatoms. The second-order valence-corrected chi connectivity index (χ2v) is 4.90. The highest BCUT2D eigenvalue weighted by Gasteiger charge is 2.10. The fraction of sp³-hybridized carbons (Fsp3) is 0.250. The van der Waals surface area contributed by atoms with E-state index in [4.69, 9.17) is 0 Å². The zero-order valence-electron chi connectivity index (χ0n) is 12.0. The molecule has 2 rings (SSSR count). The quantitative estimate of drug-likeness (QED) is 0.893. The van der Waals surface area contributed by atoms with Gasteiger partial charge in [-0.15, -0.1) is 0 Å². The number of carbonyl (C=O) groups excluding carboxylic acids is 1. The molecule has 4 nitrogen and oxygen atoms in total. The number of amides is 1. The normalized spacial score (nSPS) is 10.4. The Bertz CT molecular complexity index is 591. The fourth-order valence-corrected chi connectivity index (χ4v) is 1.94. The fourth-order valence-electron chi connectivity index (χ4n) is 1.94. The van der Waals surface area contributed by atoms with Crippen molar-refractivity contribution >= 4 is 17.3 Å². The van der Waals surface area contributed by atoms with E-state index in [2.05, 4.69) is 29.5 Å². The van der Waals surface area contributed by atoms with Gasteiger partial charge >= 0.3 is 0 Å². The van der Waals surface area contributed by atoms with Gasteiger partial charge in [0, 0.05) is 18.9 Å². The number of nitrogens with one attached hydrogen (secondary N) is 2. The Morgan fingerprint density at radius 1 is 1.15 bits per heavy atom. The van der Waals surface area contributed by atoms with Crippen LogP contribution in [0, 0.1) is 0 Å². The third kappa shape index (κ3) is 3.15. The van der Waals surface area contributed by atoms with Gasteiger partial charge in [0.2, 0.25) is 0 Å². The number of hydrogen-bond acceptors (Lipinski definition) is 3. The van der Waals surface area contributed by atoms with Crippen molar-refractivity contribution in [1.82, 2.24) is 4.98 Å². The molecule has 0 saturated heterocycles. The minimum absolute atomic E-state index is 0.144. The number of nitrogens with zero attached hydrogens (tertiary/aromatic N) is 1. The van der Waals surface area contributed by atoms with E-state index in [0.717, 1.165) is 5.69 Å². The molecule has 1 aromatic heterocycles. The van der Waals surface area contributed by atoms with Crippen LogP contribution in [0.5, 0.6) is 0 Å². The van der Waals surface area contributed by atoms with E-state index in [0.29, 0.717) is 17.2 Å². The largest absolute Gasteiger partial charge is 0.386 e. The molecule has 2 N–H and O–H groups in total. The second-order valence-electron chi connectivity index (χ2n) is 4.90. The monoisotopic (exact) mass is 269 g/mol. The van der Waals surface area contributed by atoms with Crippen LogP contribution in [0.4, 0.5) is 11.4 Å². The van der Waals surface area contributed by atoms with Crippen LogP contribution in [0.3, 0.4) is 0 Å². The number of pyridine rings is 1. The smallest absolute Gasteiger partial charge is 0.257 e. The van der Waals surface area contributed by atoms with Gasteiger partial charge < -0.3 is 10.6 Å². The Labute approximate surface area is 119 Å². The summed E-state index contributed by atoms with van der Waals surface area (Å²) in [6, 6.07) is 9.61. The lowest BCUT2D eigenvalue weighted by atomic mass is 10.0. The average Bonchev–Trinajstić information content (AvgIpc) is 2.47. The van der Waals surface area contributed by atoms with Crippen molar-refractivity contribution in [2.75, 3.05) is 17.7 Å². The standard InChI is InChI=1S/C16H19N3O/c1-11(2)12-4-6-13(7-5-12)19-16(20)14-8-9-18-10-15(14)17-3/h4-11,17H,1-3H3,(H,19,20). The molecule has 104 valence electrons. The first kappa shape index (κ1) is 14.1. The molecule has 1 amide bonds. The van der Waals surface area contributed by atoms with Gasteiger partial charge in [-0.3, -0.25) is 9.78 Å². The maximum Gasteiger partial charge on any atom is 0.257 e. The predicted octanol–water partition coefficient (Wildman–Crippen LogP) is 3.50. The van der Waals surface area contributed by atoms with Gasteiger partial charge in [0.05, 0.1) is 17.4 Å². The van der Waals surface area contributed by atoms with Gasteiger partial charge in [-0.25, -0.2) is 0 Å².